The van der Waals surface area contributed by atoms with Gasteiger partial charge in [0.05, 0.1) is 19.9 Å². The maximum Gasteiger partial charge on any atom is 0.315 e. The number of nitrogens with one attached hydrogen (secondary N) is 2. The summed E-state index contributed by atoms with van der Waals surface area (Å²) in [7, 11) is 1.55. The van der Waals surface area contributed by atoms with Gasteiger partial charge in [0.2, 0.25) is 5.88 Å². The zero-order valence-electron chi connectivity index (χ0n) is 14.6. The molecule has 3 aromatic rings. The summed E-state index contributed by atoms with van der Waals surface area (Å²) in [4.78, 5) is 16.1. The van der Waals surface area contributed by atoms with Gasteiger partial charge in [-0.15, -0.1) is 0 Å². The number of rotatable bonds is 7. The van der Waals surface area contributed by atoms with Crippen molar-refractivity contribution in [3.63, 3.8) is 0 Å². The van der Waals surface area contributed by atoms with E-state index < -0.39 is 0 Å². The number of carbonyl (C=O) groups excluding carboxylic acids is 1. The van der Waals surface area contributed by atoms with E-state index in [1.807, 2.05) is 35.1 Å². The number of benzene rings is 1. The summed E-state index contributed by atoms with van der Waals surface area (Å²) in [5.74, 6) is 0.509. The van der Waals surface area contributed by atoms with Crippen LogP contribution in [0.5, 0.6) is 5.88 Å². The quantitative estimate of drug-likeness (QED) is 0.685. The van der Waals surface area contributed by atoms with Gasteiger partial charge >= 0.3 is 6.03 Å². The van der Waals surface area contributed by atoms with E-state index in [1.54, 1.807) is 25.6 Å². The molecule has 1 aromatic carbocycles. The summed E-state index contributed by atoms with van der Waals surface area (Å²) < 4.78 is 7.02. The lowest BCUT2D eigenvalue weighted by Gasteiger charge is -2.09. The molecule has 0 saturated heterocycles. The van der Waals surface area contributed by atoms with Gasteiger partial charge in [0.25, 0.3) is 0 Å². The van der Waals surface area contributed by atoms with Crippen molar-refractivity contribution in [1.82, 2.24) is 25.4 Å². The van der Waals surface area contributed by atoms with Crippen molar-refractivity contribution in [1.29, 1.82) is 0 Å². The fourth-order valence-corrected chi connectivity index (χ4v) is 2.52. The van der Waals surface area contributed by atoms with Gasteiger partial charge in [0.15, 0.2) is 0 Å². The molecule has 2 amide bonds. The topological polar surface area (TPSA) is 81.1 Å². The van der Waals surface area contributed by atoms with Gasteiger partial charge in [0, 0.05) is 36.6 Å². The van der Waals surface area contributed by atoms with Gasteiger partial charge in [0.1, 0.15) is 0 Å². The Morgan fingerprint density at radius 2 is 1.88 bits per heavy atom. The molecule has 0 bridgehead atoms. The summed E-state index contributed by atoms with van der Waals surface area (Å²) in [5.41, 5.74) is 2.94. The highest BCUT2D eigenvalue weighted by Crippen LogP contribution is 2.12. The lowest BCUT2D eigenvalue weighted by atomic mass is 10.2. The van der Waals surface area contributed by atoms with Crippen LogP contribution in [0.15, 0.2) is 61.1 Å². The van der Waals surface area contributed by atoms with E-state index >= 15 is 0 Å². The first-order chi connectivity index (χ1) is 12.7. The Balaban J connectivity index is 1.46. The smallest absolute Gasteiger partial charge is 0.315 e. The maximum atomic E-state index is 12.0. The van der Waals surface area contributed by atoms with Crippen LogP contribution in [0.3, 0.4) is 0 Å². The van der Waals surface area contributed by atoms with Gasteiger partial charge in [-0.1, -0.05) is 36.4 Å². The Labute approximate surface area is 152 Å². The number of urea groups is 1. The van der Waals surface area contributed by atoms with Gasteiger partial charge < -0.3 is 15.4 Å². The number of carbonyl (C=O) groups is 1. The van der Waals surface area contributed by atoms with Crippen molar-refractivity contribution >= 4 is 6.03 Å². The number of aromatic nitrogens is 3. The summed E-state index contributed by atoms with van der Waals surface area (Å²) in [6.07, 6.45) is 5.33. The minimum atomic E-state index is -0.258. The molecular weight excluding hydrogens is 330 g/mol. The van der Waals surface area contributed by atoms with E-state index in [9.17, 15) is 4.79 Å². The second kappa shape index (κ2) is 8.66. The van der Waals surface area contributed by atoms with E-state index in [1.165, 1.54) is 5.56 Å². The molecule has 0 aliphatic carbocycles. The van der Waals surface area contributed by atoms with Crippen LogP contribution in [-0.4, -0.2) is 27.9 Å². The van der Waals surface area contributed by atoms with E-state index in [4.69, 9.17) is 4.74 Å². The van der Waals surface area contributed by atoms with Crippen molar-refractivity contribution < 1.29 is 9.53 Å². The average Bonchev–Trinajstić information content (AvgIpc) is 3.13. The van der Waals surface area contributed by atoms with Crippen LogP contribution < -0.4 is 15.4 Å². The summed E-state index contributed by atoms with van der Waals surface area (Å²) in [6, 6.07) is 13.5. The predicted molar refractivity (Wildman–Crippen MR) is 97.6 cm³/mol. The Kier molecular flexibility index (Phi) is 5.82. The van der Waals surface area contributed by atoms with Crippen molar-refractivity contribution in [2.75, 3.05) is 7.11 Å². The lowest BCUT2D eigenvalue weighted by Crippen LogP contribution is -2.34. The first-order valence-corrected chi connectivity index (χ1v) is 8.29. The third-order valence-electron chi connectivity index (χ3n) is 3.81. The Hall–Kier alpha value is -3.35. The molecule has 0 saturated carbocycles. The summed E-state index contributed by atoms with van der Waals surface area (Å²) >= 11 is 0. The fraction of sp³-hybridized carbons (Fsp3) is 0.211. The number of hydrogen-bond acceptors (Lipinski definition) is 4. The zero-order chi connectivity index (χ0) is 18.2. The molecule has 7 nitrogen and oxygen atoms in total. The Morgan fingerprint density at radius 1 is 1.08 bits per heavy atom. The van der Waals surface area contributed by atoms with E-state index in [0.717, 1.165) is 11.1 Å². The monoisotopic (exact) mass is 351 g/mol. The fourth-order valence-electron chi connectivity index (χ4n) is 2.52. The number of nitrogens with zero attached hydrogens (tertiary/aromatic N) is 3. The molecule has 2 N–H and O–H groups in total. The molecule has 26 heavy (non-hydrogen) atoms. The third kappa shape index (κ3) is 4.83. The molecule has 0 spiro atoms. The van der Waals surface area contributed by atoms with Gasteiger partial charge in [-0.3, -0.25) is 4.68 Å². The largest absolute Gasteiger partial charge is 0.481 e. The van der Waals surface area contributed by atoms with Crippen LogP contribution in [0.25, 0.3) is 0 Å². The maximum absolute atomic E-state index is 12.0. The second-order valence-electron chi connectivity index (χ2n) is 5.74. The predicted octanol–water partition coefficient (Wildman–Crippen LogP) is 2.33. The molecule has 134 valence electrons. The van der Waals surface area contributed by atoms with Crippen molar-refractivity contribution in [3.8, 4) is 5.88 Å². The number of ether oxygens (including phenoxy) is 1. The van der Waals surface area contributed by atoms with Gasteiger partial charge in [-0.25, -0.2) is 9.78 Å². The number of pyridine rings is 1. The van der Waals surface area contributed by atoms with Crippen molar-refractivity contribution in [2.24, 2.45) is 0 Å². The minimum absolute atomic E-state index is 0.258. The minimum Gasteiger partial charge on any atom is -0.481 e. The third-order valence-corrected chi connectivity index (χ3v) is 3.81. The number of amides is 2. The SMILES string of the molecule is COc1ncccc1CNC(=O)NCc1cnn(Cc2ccccc2)c1. The molecule has 3 rings (SSSR count). The van der Waals surface area contributed by atoms with Crippen LogP contribution in [0.1, 0.15) is 16.7 Å². The highest BCUT2D eigenvalue weighted by atomic mass is 16.5. The Bertz CT molecular complexity index is 848. The van der Waals surface area contributed by atoms with Crippen LogP contribution in [-0.2, 0) is 19.6 Å². The molecule has 0 aliphatic heterocycles. The standard InChI is InChI=1S/C19H21N5O2/c1-26-18-17(8-5-9-20-18)12-22-19(25)21-10-16-11-23-24(14-16)13-15-6-3-2-4-7-15/h2-9,11,14H,10,12-13H2,1H3,(H2,21,22,25). The van der Waals surface area contributed by atoms with Crippen LogP contribution >= 0.6 is 0 Å². The summed E-state index contributed by atoms with van der Waals surface area (Å²) in [6.45, 7) is 1.45. The average molecular weight is 351 g/mol. The molecule has 0 fully saturated rings. The molecule has 0 aliphatic rings. The zero-order valence-corrected chi connectivity index (χ0v) is 14.6. The Morgan fingerprint density at radius 3 is 2.69 bits per heavy atom. The van der Waals surface area contributed by atoms with E-state index in [-0.39, 0.29) is 6.03 Å². The lowest BCUT2D eigenvalue weighted by molar-refractivity contribution is 0.240. The van der Waals surface area contributed by atoms with Crippen LogP contribution in [0.4, 0.5) is 4.79 Å². The highest BCUT2D eigenvalue weighted by molar-refractivity contribution is 5.73. The number of hydrogen-bond donors (Lipinski definition) is 2. The molecule has 2 heterocycles. The van der Waals surface area contributed by atoms with Crippen molar-refractivity contribution in [2.45, 2.75) is 19.6 Å². The molecule has 2 aromatic heterocycles. The van der Waals surface area contributed by atoms with E-state index in [0.29, 0.717) is 25.5 Å². The first kappa shape index (κ1) is 17.5. The molecule has 0 atom stereocenters. The highest BCUT2D eigenvalue weighted by Gasteiger charge is 2.06. The molecule has 7 heteroatoms. The molecule has 0 radical (unpaired) electrons. The van der Waals surface area contributed by atoms with Crippen LogP contribution in [0, 0.1) is 0 Å². The van der Waals surface area contributed by atoms with E-state index in [2.05, 4.69) is 32.8 Å². The summed E-state index contributed by atoms with van der Waals surface area (Å²) in [5, 5.41) is 9.94. The molecular formula is C19H21N5O2. The van der Waals surface area contributed by atoms with Crippen molar-refractivity contribution in [3.05, 3.63) is 77.7 Å². The molecule has 0 unspecified atom stereocenters. The first-order valence-electron chi connectivity index (χ1n) is 8.29. The second-order valence-corrected chi connectivity index (χ2v) is 5.74. The number of methoxy groups -OCH3 is 1. The van der Waals surface area contributed by atoms with Gasteiger partial charge in [-0.2, -0.15) is 5.10 Å². The normalized spacial score (nSPS) is 10.3. The van der Waals surface area contributed by atoms with Crippen LogP contribution in [0.2, 0.25) is 0 Å². The van der Waals surface area contributed by atoms with Gasteiger partial charge in [-0.05, 0) is 11.6 Å².